The predicted octanol–water partition coefficient (Wildman–Crippen LogP) is 1.59. The molecule has 0 spiro atoms. The molecule has 0 aliphatic carbocycles. The Morgan fingerprint density at radius 1 is 1.40 bits per heavy atom. The van der Waals surface area contributed by atoms with E-state index in [1.54, 1.807) is 6.20 Å². The van der Waals surface area contributed by atoms with E-state index in [2.05, 4.69) is 23.7 Å². The number of hydrogen-bond acceptors (Lipinski definition) is 5. The number of ether oxygens (including phenoxy) is 2. The molecule has 2 N–H and O–H groups in total. The van der Waals surface area contributed by atoms with Gasteiger partial charge >= 0.3 is 0 Å². The summed E-state index contributed by atoms with van der Waals surface area (Å²) in [6.07, 6.45) is 3.55. The lowest BCUT2D eigenvalue weighted by atomic mass is 9.88. The van der Waals surface area contributed by atoms with Crippen molar-refractivity contribution in [3.05, 3.63) is 24.0 Å². The van der Waals surface area contributed by atoms with Crippen molar-refractivity contribution in [2.24, 2.45) is 5.73 Å². The first kappa shape index (κ1) is 15.2. The van der Waals surface area contributed by atoms with Crippen LogP contribution in [0.25, 0.3) is 0 Å². The third-order valence-electron chi connectivity index (χ3n) is 3.99. The molecule has 0 bridgehead atoms. The number of aromatic nitrogens is 1. The van der Waals surface area contributed by atoms with Gasteiger partial charge in [-0.15, -0.1) is 0 Å². The summed E-state index contributed by atoms with van der Waals surface area (Å²) in [7, 11) is 0. The van der Waals surface area contributed by atoms with Gasteiger partial charge in [0.05, 0.1) is 26.0 Å². The van der Waals surface area contributed by atoms with Gasteiger partial charge in [0, 0.05) is 30.9 Å². The highest BCUT2D eigenvalue weighted by molar-refractivity contribution is 5.28. The summed E-state index contributed by atoms with van der Waals surface area (Å²) in [4.78, 5) is 6.62. The molecule has 0 saturated carbocycles. The van der Waals surface area contributed by atoms with Crippen LogP contribution in [0.1, 0.15) is 32.4 Å². The Bertz CT molecular complexity index is 431. The maximum Gasteiger partial charge on any atom is 0.137 e. The van der Waals surface area contributed by atoms with Crippen molar-refractivity contribution >= 4 is 0 Å². The molecule has 112 valence electrons. The molecule has 5 nitrogen and oxygen atoms in total. The second-order valence-corrected chi connectivity index (χ2v) is 5.62. The highest BCUT2D eigenvalue weighted by atomic mass is 16.5. The van der Waals surface area contributed by atoms with Crippen molar-refractivity contribution in [3.8, 4) is 5.75 Å². The zero-order chi connectivity index (χ0) is 14.6. The normalized spacial score (nSPS) is 18.8. The molecule has 2 rings (SSSR count). The summed E-state index contributed by atoms with van der Waals surface area (Å²) >= 11 is 0. The minimum absolute atomic E-state index is 0.117. The fraction of sp³-hybridized carbons (Fsp3) is 0.667. The fourth-order valence-electron chi connectivity index (χ4n) is 2.60. The van der Waals surface area contributed by atoms with E-state index in [1.807, 2.05) is 19.2 Å². The van der Waals surface area contributed by atoms with E-state index in [-0.39, 0.29) is 11.6 Å². The lowest BCUT2D eigenvalue weighted by molar-refractivity contribution is -0.0191. The van der Waals surface area contributed by atoms with Crippen LogP contribution in [0.2, 0.25) is 0 Å². The van der Waals surface area contributed by atoms with Gasteiger partial charge in [-0.1, -0.05) is 0 Å². The Balaban J connectivity index is 2.15. The minimum Gasteiger partial charge on any atom is -0.492 e. The van der Waals surface area contributed by atoms with Crippen molar-refractivity contribution in [1.29, 1.82) is 0 Å². The predicted molar refractivity (Wildman–Crippen MR) is 78.8 cm³/mol. The van der Waals surface area contributed by atoms with Crippen molar-refractivity contribution in [3.63, 3.8) is 0 Å². The summed E-state index contributed by atoms with van der Waals surface area (Å²) in [5.74, 6) is 0.776. The van der Waals surface area contributed by atoms with Crippen molar-refractivity contribution in [2.75, 3.05) is 32.9 Å². The van der Waals surface area contributed by atoms with Gasteiger partial charge in [-0.2, -0.15) is 0 Å². The number of nitrogens with zero attached hydrogens (tertiary/aromatic N) is 2. The minimum atomic E-state index is -0.143. The highest BCUT2D eigenvalue weighted by Crippen LogP contribution is 2.30. The third-order valence-corrected chi connectivity index (χ3v) is 3.99. The number of rotatable bonds is 5. The van der Waals surface area contributed by atoms with Gasteiger partial charge in [-0.25, -0.2) is 0 Å². The van der Waals surface area contributed by atoms with Gasteiger partial charge in [-0.05, 0) is 32.4 Å². The molecule has 2 heterocycles. The van der Waals surface area contributed by atoms with E-state index < -0.39 is 0 Å². The van der Waals surface area contributed by atoms with Crippen LogP contribution in [-0.2, 0) is 4.74 Å². The average Bonchev–Trinajstić information content (AvgIpc) is 2.48. The van der Waals surface area contributed by atoms with Crippen LogP contribution < -0.4 is 10.5 Å². The number of pyridine rings is 1. The van der Waals surface area contributed by atoms with Crippen LogP contribution in [0.5, 0.6) is 5.75 Å². The number of morpholine rings is 1. The summed E-state index contributed by atoms with van der Waals surface area (Å²) in [5.41, 5.74) is 7.35. The Hall–Kier alpha value is -1.17. The number of hydrogen-bond donors (Lipinski definition) is 1. The second-order valence-electron chi connectivity index (χ2n) is 5.62. The largest absolute Gasteiger partial charge is 0.492 e. The first-order valence-corrected chi connectivity index (χ1v) is 7.22. The molecule has 1 fully saturated rings. The summed E-state index contributed by atoms with van der Waals surface area (Å²) in [6, 6.07) is 1.87. The molecule has 1 saturated heterocycles. The molecule has 1 unspecified atom stereocenters. The quantitative estimate of drug-likeness (QED) is 0.887. The maximum atomic E-state index is 6.49. The van der Waals surface area contributed by atoms with Gasteiger partial charge in [-0.3, -0.25) is 9.88 Å². The Labute approximate surface area is 121 Å². The number of nitrogens with two attached hydrogens (primary N) is 1. The monoisotopic (exact) mass is 279 g/mol. The summed E-state index contributed by atoms with van der Waals surface area (Å²) in [5, 5.41) is 0. The molecule has 1 aromatic rings. The molecular formula is C15H25N3O2. The topological polar surface area (TPSA) is 60.6 Å². The summed E-state index contributed by atoms with van der Waals surface area (Å²) in [6.45, 7) is 10.3. The SMILES string of the molecule is CCOc1cncc(C(N)C(C)(C)N2CCOCC2)c1. The fourth-order valence-corrected chi connectivity index (χ4v) is 2.60. The molecule has 20 heavy (non-hydrogen) atoms. The third kappa shape index (κ3) is 3.29. The molecule has 1 aliphatic heterocycles. The van der Waals surface area contributed by atoms with E-state index >= 15 is 0 Å². The van der Waals surface area contributed by atoms with Gasteiger partial charge in [0.25, 0.3) is 0 Å². The first-order chi connectivity index (χ1) is 9.55. The zero-order valence-electron chi connectivity index (χ0n) is 12.6. The van der Waals surface area contributed by atoms with E-state index in [4.69, 9.17) is 15.2 Å². The molecular weight excluding hydrogens is 254 g/mol. The van der Waals surface area contributed by atoms with Gasteiger partial charge < -0.3 is 15.2 Å². The van der Waals surface area contributed by atoms with Crippen molar-refractivity contribution < 1.29 is 9.47 Å². The lowest BCUT2D eigenvalue weighted by Crippen LogP contribution is -2.55. The first-order valence-electron chi connectivity index (χ1n) is 7.22. The molecule has 1 aromatic heterocycles. The molecule has 0 radical (unpaired) electrons. The van der Waals surface area contributed by atoms with Crippen LogP contribution in [-0.4, -0.2) is 48.3 Å². The van der Waals surface area contributed by atoms with Crippen LogP contribution >= 0.6 is 0 Å². The highest BCUT2D eigenvalue weighted by Gasteiger charge is 2.35. The van der Waals surface area contributed by atoms with E-state index in [1.165, 1.54) is 0 Å². The van der Waals surface area contributed by atoms with E-state index in [0.29, 0.717) is 6.61 Å². The van der Waals surface area contributed by atoms with Gasteiger partial charge in [0.15, 0.2) is 0 Å². The Morgan fingerprint density at radius 3 is 2.75 bits per heavy atom. The average molecular weight is 279 g/mol. The zero-order valence-corrected chi connectivity index (χ0v) is 12.6. The maximum absolute atomic E-state index is 6.49. The molecule has 1 aliphatic rings. The van der Waals surface area contributed by atoms with Crippen LogP contribution in [0.3, 0.4) is 0 Å². The second kappa shape index (κ2) is 6.52. The van der Waals surface area contributed by atoms with Gasteiger partial charge in [0.2, 0.25) is 0 Å². The smallest absolute Gasteiger partial charge is 0.137 e. The Kier molecular flexibility index (Phi) is 4.96. The molecule has 0 aromatic carbocycles. The van der Waals surface area contributed by atoms with Crippen LogP contribution in [0.15, 0.2) is 18.5 Å². The molecule has 1 atom stereocenters. The molecule has 0 amide bonds. The van der Waals surface area contributed by atoms with E-state index in [9.17, 15) is 0 Å². The van der Waals surface area contributed by atoms with Crippen LogP contribution in [0.4, 0.5) is 0 Å². The molecule has 5 heteroatoms. The van der Waals surface area contributed by atoms with E-state index in [0.717, 1.165) is 37.6 Å². The Morgan fingerprint density at radius 2 is 2.10 bits per heavy atom. The lowest BCUT2D eigenvalue weighted by Gasteiger charge is -2.44. The van der Waals surface area contributed by atoms with Gasteiger partial charge in [0.1, 0.15) is 5.75 Å². The van der Waals surface area contributed by atoms with Crippen molar-refractivity contribution in [1.82, 2.24) is 9.88 Å². The standard InChI is InChI=1S/C15H25N3O2/c1-4-20-13-9-12(10-17-11-13)14(16)15(2,3)18-5-7-19-8-6-18/h9-11,14H,4-8,16H2,1-3H3. The summed E-state index contributed by atoms with van der Waals surface area (Å²) < 4.78 is 10.9. The van der Waals surface area contributed by atoms with Crippen molar-refractivity contribution in [2.45, 2.75) is 32.4 Å². The van der Waals surface area contributed by atoms with Crippen LogP contribution in [0, 0.1) is 0 Å².